The Labute approximate surface area is 143 Å². The number of halogens is 2. The smallest absolute Gasteiger partial charge is 0.308 e. The Morgan fingerprint density at radius 3 is 2.74 bits per heavy atom. The van der Waals surface area contributed by atoms with Crippen LogP contribution >= 0.6 is 23.4 Å². The molecule has 1 aliphatic rings. The Bertz CT molecular complexity index is 723. The summed E-state index contributed by atoms with van der Waals surface area (Å²) >= 11 is 7.76. The number of benzene rings is 2. The SMILES string of the molecule is Cc1ccc(NC(=O)N2CCS[C@@H]2c2ccc(F)cc2)cc1Cl. The summed E-state index contributed by atoms with van der Waals surface area (Å²) in [5.74, 6) is 0.575. The van der Waals surface area contributed by atoms with Gasteiger partial charge < -0.3 is 10.2 Å². The summed E-state index contributed by atoms with van der Waals surface area (Å²) in [6, 6.07) is 11.6. The molecule has 0 spiro atoms. The van der Waals surface area contributed by atoms with Crippen LogP contribution in [0.15, 0.2) is 42.5 Å². The minimum atomic E-state index is -0.276. The fourth-order valence-corrected chi connectivity index (χ4v) is 3.88. The van der Waals surface area contributed by atoms with E-state index in [0.29, 0.717) is 17.3 Å². The van der Waals surface area contributed by atoms with Crippen molar-refractivity contribution in [3.05, 3.63) is 64.4 Å². The van der Waals surface area contributed by atoms with E-state index in [1.807, 2.05) is 19.1 Å². The Balaban J connectivity index is 1.75. The van der Waals surface area contributed by atoms with E-state index in [-0.39, 0.29) is 17.2 Å². The number of nitrogens with zero attached hydrogens (tertiary/aromatic N) is 1. The first-order valence-corrected chi connectivity index (χ1v) is 8.68. The van der Waals surface area contributed by atoms with Crippen molar-refractivity contribution in [1.29, 1.82) is 0 Å². The van der Waals surface area contributed by atoms with Crippen LogP contribution < -0.4 is 5.32 Å². The predicted octanol–water partition coefficient (Wildman–Crippen LogP) is 5.07. The van der Waals surface area contributed by atoms with Crippen molar-refractivity contribution in [2.24, 2.45) is 0 Å². The number of amides is 2. The first-order chi connectivity index (χ1) is 11.0. The lowest BCUT2D eigenvalue weighted by Gasteiger charge is -2.24. The van der Waals surface area contributed by atoms with Gasteiger partial charge in [-0.15, -0.1) is 11.8 Å². The van der Waals surface area contributed by atoms with Crippen molar-refractivity contribution in [2.45, 2.75) is 12.3 Å². The molecule has 2 aromatic carbocycles. The van der Waals surface area contributed by atoms with Crippen LogP contribution in [0.2, 0.25) is 5.02 Å². The van der Waals surface area contributed by atoms with Crippen LogP contribution in [-0.4, -0.2) is 23.2 Å². The van der Waals surface area contributed by atoms with Crippen LogP contribution in [0.1, 0.15) is 16.5 Å². The van der Waals surface area contributed by atoms with Gasteiger partial charge in [-0.05, 0) is 42.3 Å². The van der Waals surface area contributed by atoms with E-state index in [0.717, 1.165) is 16.9 Å². The fraction of sp³-hybridized carbons (Fsp3) is 0.235. The number of nitrogens with one attached hydrogen (secondary N) is 1. The number of carbonyl (C=O) groups excluding carboxylic acids is 1. The van der Waals surface area contributed by atoms with Gasteiger partial charge in [-0.1, -0.05) is 29.8 Å². The normalized spacial score (nSPS) is 17.3. The first kappa shape index (κ1) is 16.1. The lowest BCUT2D eigenvalue weighted by molar-refractivity contribution is 0.214. The number of carbonyl (C=O) groups is 1. The molecule has 1 fully saturated rings. The van der Waals surface area contributed by atoms with Gasteiger partial charge in [0.15, 0.2) is 0 Å². The average molecular weight is 351 g/mol. The molecule has 0 unspecified atom stereocenters. The molecule has 2 aromatic rings. The van der Waals surface area contributed by atoms with Crippen molar-refractivity contribution in [2.75, 3.05) is 17.6 Å². The van der Waals surface area contributed by atoms with Crippen LogP contribution in [0, 0.1) is 12.7 Å². The van der Waals surface area contributed by atoms with E-state index < -0.39 is 0 Å². The van der Waals surface area contributed by atoms with Crippen molar-refractivity contribution in [1.82, 2.24) is 4.90 Å². The third kappa shape index (κ3) is 3.62. The van der Waals surface area contributed by atoms with Crippen LogP contribution in [0.3, 0.4) is 0 Å². The molecular formula is C17H16ClFN2OS. The monoisotopic (exact) mass is 350 g/mol. The van der Waals surface area contributed by atoms with Crippen molar-refractivity contribution < 1.29 is 9.18 Å². The minimum absolute atomic E-state index is 0.100. The van der Waals surface area contributed by atoms with Crippen molar-refractivity contribution in [3.8, 4) is 0 Å². The van der Waals surface area contributed by atoms with E-state index in [2.05, 4.69) is 5.32 Å². The van der Waals surface area contributed by atoms with Crippen LogP contribution in [0.4, 0.5) is 14.9 Å². The Morgan fingerprint density at radius 2 is 2.04 bits per heavy atom. The van der Waals surface area contributed by atoms with Gasteiger partial charge in [0.25, 0.3) is 0 Å². The minimum Gasteiger partial charge on any atom is -0.308 e. The molecule has 120 valence electrons. The summed E-state index contributed by atoms with van der Waals surface area (Å²) in [6.45, 7) is 2.56. The molecule has 1 N–H and O–H groups in total. The van der Waals surface area contributed by atoms with Crippen LogP contribution in [-0.2, 0) is 0 Å². The van der Waals surface area contributed by atoms with E-state index >= 15 is 0 Å². The predicted molar refractivity (Wildman–Crippen MR) is 93.5 cm³/mol. The molecule has 1 saturated heterocycles. The second-order valence-electron chi connectivity index (χ2n) is 5.36. The Hall–Kier alpha value is -1.72. The van der Waals surface area contributed by atoms with Gasteiger partial charge >= 0.3 is 6.03 Å². The second kappa shape index (κ2) is 6.81. The van der Waals surface area contributed by atoms with Crippen LogP contribution in [0.25, 0.3) is 0 Å². The molecule has 0 saturated carbocycles. The van der Waals surface area contributed by atoms with Crippen molar-refractivity contribution >= 4 is 35.1 Å². The maximum atomic E-state index is 13.1. The van der Waals surface area contributed by atoms with Crippen LogP contribution in [0.5, 0.6) is 0 Å². The molecule has 0 radical (unpaired) electrons. The highest BCUT2D eigenvalue weighted by molar-refractivity contribution is 7.99. The molecule has 1 atom stereocenters. The number of thioether (sulfide) groups is 1. The maximum absolute atomic E-state index is 13.1. The highest BCUT2D eigenvalue weighted by atomic mass is 35.5. The third-order valence-electron chi connectivity index (χ3n) is 3.73. The molecule has 3 nitrogen and oxygen atoms in total. The first-order valence-electron chi connectivity index (χ1n) is 7.25. The highest BCUT2D eigenvalue weighted by Crippen LogP contribution is 2.38. The highest BCUT2D eigenvalue weighted by Gasteiger charge is 2.30. The number of hydrogen-bond donors (Lipinski definition) is 1. The summed E-state index contributed by atoms with van der Waals surface area (Å²) < 4.78 is 13.1. The molecule has 1 heterocycles. The molecule has 0 aromatic heterocycles. The summed E-state index contributed by atoms with van der Waals surface area (Å²) in [6.07, 6.45) is 0. The lowest BCUT2D eigenvalue weighted by Crippen LogP contribution is -2.34. The molecule has 23 heavy (non-hydrogen) atoms. The van der Waals surface area contributed by atoms with Gasteiger partial charge in [0.05, 0.1) is 0 Å². The lowest BCUT2D eigenvalue weighted by atomic mass is 10.2. The number of aryl methyl sites for hydroxylation is 1. The zero-order chi connectivity index (χ0) is 16.4. The summed E-state index contributed by atoms with van der Waals surface area (Å²) in [7, 11) is 0. The van der Waals surface area contributed by atoms with E-state index in [9.17, 15) is 9.18 Å². The number of rotatable bonds is 2. The molecule has 0 aliphatic carbocycles. The maximum Gasteiger partial charge on any atom is 0.323 e. The third-order valence-corrected chi connectivity index (χ3v) is 5.40. The van der Waals surface area contributed by atoms with Gasteiger partial charge in [0.1, 0.15) is 11.2 Å². The molecule has 1 aliphatic heterocycles. The van der Waals surface area contributed by atoms with E-state index in [1.165, 1.54) is 12.1 Å². The van der Waals surface area contributed by atoms with Gasteiger partial charge in [0, 0.05) is 23.0 Å². The standard InChI is InChI=1S/C17H16ClFN2OS/c1-11-2-7-14(10-15(11)18)20-17(22)21-8-9-23-16(21)12-3-5-13(19)6-4-12/h2-7,10,16H,8-9H2,1H3,(H,20,22)/t16-/m1/s1. The number of urea groups is 1. The summed E-state index contributed by atoms with van der Waals surface area (Å²) in [5.41, 5.74) is 2.55. The zero-order valence-electron chi connectivity index (χ0n) is 12.6. The van der Waals surface area contributed by atoms with Gasteiger partial charge in [-0.2, -0.15) is 0 Å². The largest absolute Gasteiger partial charge is 0.323 e. The van der Waals surface area contributed by atoms with Gasteiger partial charge in [-0.25, -0.2) is 9.18 Å². The molecular weight excluding hydrogens is 335 g/mol. The molecule has 3 rings (SSSR count). The molecule has 6 heteroatoms. The summed E-state index contributed by atoms with van der Waals surface area (Å²) in [4.78, 5) is 14.3. The molecule has 0 bridgehead atoms. The van der Waals surface area contributed by atoms with Gasteiger partial charge in [0.2, 0.25) is 0 Å². The zero-order valence-corrected chi connectivity index (χ0v) is 14.1. The fourth-order valence-electron chi connectivity index (χ4n) is 2.45. The van der Waals surface area contributed by atoms with Crippen molar-refractivity contribution in [3.63, 3.8) is 0 Å². The second-order valence-corrected chi connectivity index (χ2v) is 6.96. The van der Waals surface area contributed by atoms with E-state index in [4.69, 9.17) is 11.6 Å². The Morgan fingerprint density at radius 1 is 1.30 bits per heavy atom. The quantitative estimate of drug-likeness (QED) is 0.820. The Kier molecular flexibility index (Phi) is 4.78. The topological polar surface area (TPSA) is 32.3 Å². The summed E-state index contributed by atoms with van der Waals surface area (Å²) in [5, 5.41) is 3.40. The van der Waals surface area contributed by atoms with Gasteiger partial charge in [-0.3, -0.25) is 0 Å². The van der Waals surface area contributed by atoms with E-state index in [1.54, 1.807) is 34.9 Å². The number of anilines is 1. The molecule has 2 amide bonds. The number of hydrogen-bond acceptors (Lipinski definition) is 2. The average Bonchev–Trinajstić information content (AvgIpc) is 3.01.